The lowest BCUT2D eigenvalue weighted by atomic mass is 9.92. The number of nitrogens with zero attached hydrogens (tertiary/aromatic N) is 1. The maximum Gasteiger partial charge on any atom is 0.307 e. The molecule has 2 N–H and O–H groups in total. The van der Waals surface area contributed by atoms with E-state index in [0.717, 1.165) is 40.9 Å². The first-order valence-electron chi connectivity index (χ1n) is 9.35. The molecule has 2 aromatic carbocycles. The van der Waals surface area contributed by atoms with E-state index in [1.54, 1.807) is 11.7 Å². The SMILES string of the molecule is COc1cc2sc(=O)n(C)c2cc1CNC1CCCNC1c1ccccc1. The third kappa shape index (κ3) is 3.65. The van der Waals surface area contributed by atoms with Gasteiger partial charge in [0.1, 0.15) is 5.75 Å². The molecule has 2 heterocycles. The van der Waals surface area contributed by atoms with Gasteiger partial charge in [0, 0.05) is 31.2 Å². The highest BCUT2D eigenvalue weighted by Gasteiger charge is 2.26. The third-order valence-electron chi connectivity index (χ3n) is 5.37. The van der Waals surface area contributed by atoms with Crippen LogP contribution in [0.25, 0.3) is 10.2 Å². The fourth-order valence-electron chi connectivity index (χ4n) is 3.89. The molecule has 1 saturated heterocycles. The van der Waals surface area contributed by atoms with E-state index < -0.39 is 0 Å². The monoisotopic (exact) mass is 383 g/mol. The van der Waals surface area contributed by atoms with Gasteiger partial charge in [-0.05, 0) is 37.1 Å². The number of hydrogen-bond donors (Lipinski definition) is 2. The second kappa shape index (κ2) is 7.84. The van der Waals surface area contributed by atoms with Crippen molar-refractivity contribution in [2.75, 3.05) is 13.7 Å². The van der Waals surface area contributed by atoms with E-state index in [-0.39, 0.29) is 4.87 Å². The molecular weight excluding hydrogens is 358 g/mol. The Bertz CT molecular complexity index is 980. The molecule has 0 radical (unpaired) electrons. The van der Waals surface area contributed by atoms with Crippen LogP contribution in [0.3, 0.4) is 0 Å². The Morgan fingerprint density at radius 1 is 1.30 bits per heavy atom. The molecule has 0 saturated carbocycles. The van der Waals surface area contributed by atoms with Gasteiger partial charge in [0.2, 0.25) is 0 Å². The van der Waals surface area contributed by atoms with Crippen molar-refractivity contribution in [3.05, 3.63) is 63.3 Å². The lowest BCUT2D eigenvalue weighted by Gasteiger charge is -2.34. The lowest BCUT2D eigenvalue weighted by molar-refractivity contribution is 0.303. The highest BCUT2D eigenvalue weighted by atomic mass is 32.1. The minimum absolute atomic E-state index is 0.0535. The van der Waals surface area contributed by atoms with Crippen LogP contribution in [-0.2, 0) is 13.6 Å². The predicted octanol–water partition coefficient (Wildman–Crippen LogP) is 3.19. The molecule has 1 aliphatic rings. The predicted molar refractivity (Wildman–Crippen MR) is 111 cm³/mol. The molecule has 3 aromatic rings. The standard InChI is InChI=1S/C21H25N3O2S/c1-24-17-11-15(18(26-2)12-19(17)27-21(24)25)13-23-16-9-6-10-22-20(16)14-7-4-3-5-8-14/h3-5,7-8,11-12,16,20,22-23H,6,9-10,13H2,1-2H3. The van der Waals surface area contributed by atoms with Crippen LogP contribution in [0.5, 0.6) is 5.75 Å². The van der Waals surface area contributed by atoms with Gasteiger partial charge in [-0.15, -0.1) is 0 Å². The van der Waals surface area contributed by atoms with Crippen molar-refractivity contribution in [3.63, 3.8) is 0 Å². The summed E-state index contributed by atoms with van der Waals surface area (Å²) in [5.74, 6) is 0.830. The van der Waals surface area contributed by atoms with E-state index in [4.69, 9.17) is 4.74 Å². The van der Waals surface area contributed by atoms with Gasteiger partial charge < -0.3 is 19.9 Å². The number of methoxy groups -OCH3 is 1. The molecule has 142 valence electrons. The first kappa shape index (κ1) is 18.2. The van der Waals surface area contributed by atoms with Gasteiger partial charge in [0.25, 0.3) is 0 Å². The van der Waals surface area contributed by atoms with Gasteiger partial charge in [0.05, 0.1) is 17.3 Å². The molecule has 1 fully saturated rings. The number of nitrogens with one attached hydrogen (secondary N) is 2. The first-order chi connectivity index (χ1) is 13.2. The second-order valence-electron chi connectivity index (χ2n) is 7.03. The molecule has 1 aromatic heterocycles. The summed E-state index contributed by atoms with van der Waals surface area (Å²) in [6, 6.07) is 15.3. The molecule has 5 nitrogen and oxygen atoms in total. The summed E-state index contributed by atoms with van der Waals surface area (Å²) in [5, 5.41) is 7.38. The summed E-state index contributed by atoms with van der Waals surface area (Å²) in [6.07, 6.45) is 2.30. The van der Waals surface area contributed by atoms with E-state index in [1.807, 2.05) is 13.1 Å². The highest BCUT2D eigenvalue weighted by molar-refractivity contribution is 7.16. The molecule has 0 spiro atoms. The third-order valence-corrected chi connectivity index (χ3v) is 6.36. The minimum Gasteiger partial charge on any atom is -0.496 e. The number of fused-ring (bicyclic) bond motifs is 1. The summed E-state index contributed by atoms with van der Waals surface area (Å²) in [5.41, 5.74) is 3.36. The van der Waals surface area contributed by atoms with E-state index in [2.05, 4.69) is 47.0 Å². The van der Waals surface area contributed by atoms with Crippen LogP contribution in [0.15, 0.2) is 47.3 Å². The normalized spacial score (nSPS) is 20.1. The van der Waals surface area contributed by atoms with Crippen molar-refractivity contribution < 1.29 is 4.74 Å². The molecule has 0 amide bonds. The van der Waals surface area contributed by atoms with Crippen LogP contribution in [0.1, 0.15) is 30.0 Å². The van der Waals surface area contributed by atoms with Crippen molar-refractivity contribution >= 4 is 21.6 Å². The van der Waals surface area contributed by atoms with Gasteiger partial charge in [-0.2, -0.15) is 0 Å². The van der Waals surface area contributed by atoms with Crippen molar-refractivity contribution in [2.45, 2.75) is 31.5 Å². The second-order valence-corrected chi connectivity index (χ2v) is 8.02. The largest absolute Gasteiger partial charge is 0.496 e. The zero-order chi connectivity index (χ0) is 18.8. The topological polar surface area (TPSA) is 55.3 Å². The molecule has 6 heteroatoms. The molecule has 4 rings (SSSR count). The Labute approximate surface area is 163 Å². The van der Waals surface area contributed by atoms with Crippen LogP contribution in [0, 0.1) is 0 Å². The van der Waals surface area contributed by atoms with Crippen LogP contribution in [0.2, 0.25) is 0 Å². The molecule has 1 aliphatic heterocycles. The average Bonchev–Trinajstić information content (AvgIpc) is 2.99. The number of ether oxygens (including phenoxy) is 1. The number of hydrogen-bond acceptors (Lipinski definition) is 5. The lowest BCUT2D eigenvalue weighted by Crippen LogP contribution is -2.45. The number of thiazole rings is 1. The van der Waals surface area contributed by atoms with Crippen molar-refractivity contribution in [3.8, 4) is 5.75 Å². The van der Waals surface area contributed by atoms with Crippen molar-refractivity contribution in [1.82, 2.24) is 15.2 Å². The quantitative estimate of drug-likeness (QED) is 0.710. The van der Waals surface area contributed by atoms with Crippen LogP contribution in [-0.4, -0.2) is 24.3 Å². The number of benzene rings is 2. The first-order valence-corrected chi connectivity index (χ1v) is 10.2. The molecule has 0 bridgehead atoms. The summed E-state index contributed by atoms with van der Waals surface area (Å²) in [4.78, 5) is 12.0. The van der Waals surface area contributed by atoms with E-state index in [0.29, 0.717) is 18.6 Å². The van der Waals surface area contributed by atoms with Gasteiger partial charge >= 0.3 is 4.87 Å². The Balaban J connectivity index is 1.58. The van der Waals surface area contributed by atoms with Gasteiger partial charge in [-0.25, -0.2) is 0 Å². The molecule has 27 heavy (non-hydrogen) atoms. The van der Waals surface area contributed by atoms with Crippen LogP contribution < -0.4 is 20.2 Å². The highest BCUT2D eigenvalue weighted by Crippen LogP contribution is 2.29. The summed E-state index contributed by atoms with van der Waals surface area (Å²) in [7, 11) is 3.51. The van der Waals surface area contributed by atoms with E-state index >= 15 is 0 Å². The van der Waals surface area contributed by atoms with Gasteiger partial charge in [-0.3, -0.25) is 4.79 Å². The zero-order valence-electron chi connectivity index (χ0n) is 15.7. The smallest absolute Gasteiger partial charge is 0.307 e. The maximum absolute atomic E-state index is 12.0. The maximum atomic E-state index is 12.0. The Morgan fingerprint density at radius 2 is 2.11 bits per heavy atom. The van der Waals surface area contributed by atoms with Crippen LogP contribution >= 0.6 is 11.3 Å². The number of aromatic nitrogens is 1. The fourth-order valence-corrected chi connectivity index (χ4v) is 4.78. The summed E-state index contributed by atoms with van der Waals surface area (Å²) >= 11 is 1.26. The van der Waals surface area contributed by atoms with E-state index in [1.165, 1.54) is 16.9 Å². The molecule has 2 unspecified atom stereocenters. The zero-order valence-corrected chi connectivity index (χ0v) is 16.5. The molecule has 2 atom stereocenters. The Kier molecular flexibility index (Phi) is 5.29. The number of rotatable bonds is 5. The van der Waals surface area contributed by atoms with Crippen molar-refractivity contribution in [2.24, 2.45) is 7.05 Å². The van der Waals surface area contributed by atoms with Crippen LogP contribution in [0.4, 0.5) is 0 Å². The fraction of sp³-hybridized carbons (Fsp3) is 0.381. The van der Waals surface area contributed by atoms with E-state index in [9.17, 15) is 4.79 Å². The number of piperidine rings is 1. The Hall–Kier alpha value is -2.15. The van der Waals surface area contributed by atoms with Gasteiger partial charge in [0.15, 0.2) is 0 Å². The number of aryl methyl sites for hydroxylation is 1. The summed E-state index contributed by atoms with van der Waals surface area (Å²) in [6.45, 7) is 1.75. The average molecular weight is 384 g/mol. The van der Waals surface area contributed by atoms with Crippen molar-refractivity contribution in [1.29, 1.82) is 0 Å². The minimum atomic E-state index is 0.0535. The summed E-state index contributed by atoms with van der Waals surface area (Å²) < 4.78 is 8.26. The Morgan fingerprint density at radius 3 is 2.89 bits per heavy atom. The van der Waals surface area contributed by atoms with Gasteiger partial charge in [-0.1, -0.05) is 41.7 Å². The molecular formula is C21H25N3O2S. The molecule has 0 aliphatic carbocycles.